The molecule has 0 aromatic heterocycles. The summed E-state index contributed by atoms with van der Waals surface area (Å²) in [6, 6.07) is 10.4. The monoisotopic (exact) mass is 497 g/mol. The molecule has 0 radical (unpaired) electrons. The maximum absolute atomic E-state index is 13.1. The molecule has 1 aliphatic rings. The molecule has 0 aliphatic heterocycles. The highest BCUT2D eigenvalue weighted by atomic mass is 79.9. The molecule has 0 saturated heterocycles. The molecular formula is C24H30BrClFNO2. The van der Waals surface area contributed by atoms with Crippen LogP contribution in [-0.4, -0.2) is 13.2 Å². The van der Waals surface area contributed by atoms with Crippen LogP contribution in [0.15, 0.2) is 52.5 Å². The first-order chi connectivity index (χ1) is 14.2. The highest BCUT2D eigenvalue weighted by molar-refractivity contribution is 9.10. The number of nitrogens with one attached hydrogen (secondary N) is 1. The Morgan fingerprint density at radius 1 is 1.07 bits per heavy atom. The highest BCUT2D eigenvalue weighted by Gasteiger charge is 2.13. The predicted octanol–water partition coefficient (Wildman–Crippen LogP) is 6.97. The Balaban J connectivity index is 0.00000320. The number of rotatable bonds is 10. The zero-order valence-corrected chi connectivity index (χ0v) is 19.8. The second kappa shape index (κ2) is 13.0. The summed E-state index contributed by atoms with van der Waals surface area (Å²) < 4.78 is 25.7. The molecule has 0 spiro atoms. The molecule has 30 heavy (non-hydrogen) atoms. The van der Waals surface area contributed by atoms with Crippen molar-refractivity contribution >= 4 is 28.3 Å². The van der Waals surface area contributed by atoms with E-state index < -0.39 is 0 Å². The molecule has 0 fully saturated rings. The molecule has 6 heteroatoms. The Morgan fingerprint density at radius 3 is 2.57 bits per heavy atom. The van der Waals surface area contributed by atoms with Crippen molar-refractivity contribution in [2.75, 3.05) is 13.2 Å². The standard InChI is InChI=1S/C24H29BrFNO2.ClH/c1-2-28-23-15-20(16-27-13-12-18-6-4-3-5-7-18)14-22(25)24(23)29-17-19-8-10-21(26)11-9-19;/h6,8-11,14-15,27H,2-5,7,12-13,16-17H2,1H3;1H. The van der Waals surface area contributed by atoms with E-state index in [0.717, 1.165) is 40.9 Å². The highest BCUT2D eigenvalue weighted by Crippen LogP contribution is 2.37. The van der Waals surface area contributed by atoms with E-state index in [4.69, 9.17) is 9.47 Å². The van der Waals surface area contributed by atoms with Gasteiger partial charge in [-0.2, -0.15) is 0 Å². The van der Waals surface area contributed by atoms with Gasteiger partial charge in [0, 0.05) is 6.54 Å². The molecule has 3 rings (SSSR count). The van der Waals surface area contributed by atoms with Crippen LogP contribution in [0.2, 0.25) is 0 Å². The van der Waals surface area contributed by atoms with Gasteiger partial charge in [-0.05, 0) is 96.9 Å². The third-order valence-corrected chi connectivity index (χ3v) is 5.59. The molecule has 0 unspecified atom stereocenters. The molecule has 1 aliphatic carbocycles. The van der Waals surface area contributed by atoms with E-state index in [2.05, 4.69) is 33.4 Å². The summed E-state index contributed by atoms with van der Waals surface area (Å²) in [7, 11) is 0. The first-order valence-electron chi connectivity index (χ1n) is 10.4. The lowest BCUT2D eigenvalue weighted by Crippen LogP contribution is -2.16. The topological polar surface area (TPSA) is 30.5 Å². The fourth-order valence-electron chi connectivity index (χ4n) is 3.48. The van der Waals surface area contributed by atoms with Crippen LogP contribution < -0.4 is 14.8 Å². The SMILES string of the molecule is CCOc1cc(CNCCC2=CCCCC2)cc(Br)c1OCc1ccc(F)cc1.Cl. The van der Waals surface area contributed by atoms with Gasteiger partial charge >= 0.3 is 0 Å². The Kier molecular flexibility index (Phi) is 10.7. The van der Waals surface area contributed by atoms with Gasteiger partial charge in [-0.1, -0.05) is 23.8 Å². The second-order valence-corrected chi connectivity index (χ2v) is 8.14. The molecule has 2 aromatic rings. The molecule has 0 atom stereocenters. The van der Waals surface area contributed by atoms with Crippen LogP contribution in [0, 0.1) is 5.82 Å². The lowest BCUT2D eigenvalue weighted by Gasteiger charge is -2.16. The third-order valence-electron chi connectivity index (χ3n) is 5.00. The summed E-state index contributed by atoms with van der Waals surface area (Å²) in [5.74, 6) is 1.14. The summed E-state index contributed by atoms with van der Waals surface area (Å²) in [5.41, 5.74) is 3.64. The smallest absolute Gasteiger partial charge is 0.175 e. The van der Waals surface area contributed by atoms with E-state index in [1.807, 2.05) is 13.0 Å². The minimum absolute atomic E-state index is 0. The normalized spacial score (nSPS) is 13.4. The van der Waals surface area contributed by atoms with Crippen LogP contribution >= 0.6 is 28.3 Å². The van der Waals surface area contributed by atoms with Gasteiger partial charge in [0.15, 0.2) is 11.5 Å². The van der Waals surface area contributed by atoms with E-state index in [1.165, 1.54) is 37.8 Å². The molecule has 2 aromatic carbocycles. The summed E-state index contributed by atoms with van der Waals surface area (Å²) in [5, 5.41) is 3.53. The van der Waals surface area contributed by atoms with Crippen molar-refractivity contribution in [2.24, 2.45) is 0 Å². The van der Waals surface area contributed by atoms with Crippen molar-refractivity contribution in [1.29, 1.82) is 0 Å². The maximum atomic E-state index is 13.1. The number of hydrogen-bond acceptors (Lipinski definition) is 3. The van der Waals surface area contributed by atoms with Gasteiger partial charge in [-0.15, -0.1) is 12.4 Å². The number of benzene rings is 2. The summed E-state index contributed by atoms with van der Waals surface area (Å²) in [6.45, 7) is 4.64. The average Bonchev–Trinajstić information content (AvgIpc) is 2.73. The van der Waals surface area contributed by atoms with Crippen LogP contribution in [-0.2, 0) is 13.2 Å². The van der Waals surface area contributed by atoms with Crippen molar-refractivity contribution in [3.05, 3.63) is 69.5 Å². The Labute approximate surface area is 193 Å². The second-order valence-electron chi connectivity index (χ2n) is 7.29. The Morgan fingerprint density at radius 2 is 1.87 bits per heavy atom. The third kappa shape index (κ3) is 7.60. The van der Waals surface area contributed by atoms with Crippen molar-refractivity contribution < 1.29 is 13.9 Å². The van der Waals surface area contributed by atoms with E-state index in [9.17, 15) is 4.39 Å². The van der Waals surface area contributed by atoms with Gasteiger partial charge in [0.25, 0.3) is 0 Å². The van der Waals surface area contributed by atoms with Crippen molar-refractivity contribution in [3.63, 3.8) is 0 Å². The van der Waals surface area contributed by atoms with E-state index in [-0.39, 0.29) is 18.2 Å². The lowest BCUT2D eigenvalue weighted by atomic mass is 9.97. The fourth-order valence-corrected chi connectivity index (χ4v) is 4.08. The minimum atomic E-state index is -0.249. The van der Waals surface area contributed by atoms with Gasteiger partial charge in [0.05, 0.1) is 11.1 Å². The molecule has 1 N–H and O–H groups in total. The lowest BCUT2D eigenvalue weighted by molar-refractivity contribution is 0.267. The largest absolute Gasteiger partial charge is 0.490 e. The average molecular weight is 499 g/mol. The van der Waals surface area contributed by atoms with Crippen LogP contribution in [0.5, 0.6) is 11.5 Å². The van der Waals surface area contributed by atoms with Gasteiger partial charge < -0.3 is 14.8 Å². The van der Waals surface area contributed by atoms with Gasteiger partial charge in [0.2, 0.25) is 0 Å². The first kappa shape index (κ1) is 24.7. The molecule has 0 saturated carbocycles. The number of ether oxygens (including phenoxy) is 2. The van der Waals surface area contributed by atoms with E-state index in [1.54, 1.807) is 17.7 Å². The van der Waals surface area contributed by atoms with Gasteiger partial charge in [0.1, 0.15) is 12.4 Å². The molecule has 0 heterocycles. The van der Waals surface area contributed by atoms with Crippen LogP contribution in [0.1, 0.15) is 50.2 Å². The minimum Gasteiger partial charge on any atom is -0.490 e. The number of halogens is 3. The summed E-state index contributed by atoms with van der Waals surface area (Å²) in [4.78, 5) is 0. The van der Waals surface area contributed by atoms with Gasteiger partial charge in [-0.3, -0.25) is 0 Å². The number of hydrogen-bond donors (Lipinski definition) is 1. The van der Waals surface area contributed by atoms with Crippen molar-refractivity contribution in [2.45, 2.75) is 52.2 Å². The van der Waals surface area contributed by atoms with E-state index in [0.29, 0.717) is 19.0 Å². The predicted molar refractivity (Wildman–Crippen MR) is 126 cm³/mol. The Bertz CT molecular complexity index is 827. The molecule has 3 nitrogen and oxygen atoms in total. The molecule has 164 valence electrons. The van der Waals surface area contributed by atoms with Crippen LogP contribution in [0.3, 0.4) is 0 Å². The van der Waals surface area contributed by atoms with Crippen LogP contribution in [0.4, 0.5) is 4.39 Å². The van der Waals surface area contributed by atoms with Crippen LogP contribution in [0.25, 0.3) is 0 Å². The molecular weight excluding hydrogens is 469 g/mol. The fraction of sp³-hybridized carbons (Fsp3) is 0.417. The zero-order chi connectivity index (χ0) is 20.5. The quantitative estimate of drug-likeness (QED) is 0.283. The van der Waals surface area contributed by atoms with Crippen molar-refractivity contribution in [3.8, 4) is 11.5 Å². The summed E-state index contributed by atoms with van der Waals surface area (Å²) in [6.07, 6.45) is 8.68. The molecule has 0 amide bonds. The number of allylic oxidation sites excluding steroid dienone is 1. The van der Waals surface area contributed by atoms with Gasteiger partial charge in [-0.25, -0.2) is 4.39 Å². The Hall–Kier alpha value is -1.56. The van der Waals surface area contributed by atoms with E-state index >= 15 is 0 Å². The first-order valence-corrected chi connectivity index (χ1v) is 11.2. The molecule has 0 bridgehead atoms. The summed E-state index contributed by atoms with van der Waals surface area (Å²) >= 11 is 3.62. The maximum Gasteiger partial charge on any atom is 0.175 e. The zero-order valence-electron chi connectivity index (χ0n) is 17.4. The van der Waals surface area contributed by atoms with Crippen molar-refractivity contribution in [1.82, 2.24) is 5.32 Å².